The average Bonchev–Trinajstić information content (AvgIpc) is 2.65. The van der Waals surface area contributed by atoms with Gasteiger partial charge in [0.05, 0.1) is 17.7 Å². The Balaban J connectivity index is 0.00000312. The molecule has 0 aromatic heterocycles. The molecule has 0 saturated heterocycles. The summed E-state index contributed by atoms with van der Waals surface area (Å²) in [6, 6.07) is 18.5. The van der Waals surface area contributed by atoms with E-state index in [2.05, 4.69) is 59.8 Å². The first-order valence-electron chi connectivity index (χ1n) is 8.21. The number of aliphatic imine (C=N–C) groups is 1. The fraction of sp³-hybridized carbons (Fsp3) is 0.300. The van der Waals surface area contributed by atoms with Gasteiger partial charge in [-0.2, -0.15) is 5.26 Å². The summed E-state index contributed by atoms with van der Waals surface area (Å²) >= 11 is 0. The molecule has 0 aliphatic rings. The SMILES string of the molecule is CCc1ccc(C(C)NC(=NC)NCc2ccc(C#N)cc2)cc1.I. The molecule has 132 valence electrons. The Labute approximate surface area is 167 Å². The lowest BCUT2D eigenvalue weighted by Crippen LogP contribution is -2.38. The van der Waals surface area contributed by atoms with Gasteiger partial charge in [-0.25, -0.2) is 0 Å². The molecule has 0 saturated carbocycles. The zero-order chi connectivity index (χ0) is 17.4. The van der Waals surface area contributed by atoms with Crippen LogP contribution in [0.1, 0.15) is 42.1 Å². The van der Waals surface area contributed by atoms with E-state index in [1.165, 1.54) is 11.1 Å². The van der Waals surface area contributed by atoms with E-state index >= 15 is 0 Å². The minimum absolute atomic E-state index is 0. The topological polar surface area (TPSA) is 60.2 Å². The molecule has 4 nitrogen and oxygen atoms in total. The number of nitrogens with one attached hydrogen (secondary N) is 2. The lowest BCUT2D eigenvalue weighted by molar-refractivity contribution is 0.685. The van der Waals surface area contributed by atoms with E-state index < -0.39 is 0 Å². The van der Waals surface area contributed by atoms with E-state index in [1.807, 2.05) is 24.3 Å². The molecule has 0 aliphatic heterocycles. The molecule has 2 aromatic rings. The third-order valence-corrected chi connectivity index (χ3v) is 4.01. The van der Waals surface area contributed by atoms with Crippen molar-refractivity contribution < 1.29 is 0 Å². The van der Waals surface area contributed by atoms with Crippen molar-refractivity contribution in [3.8, 4) is 6.07 Å². The lowest BCUT2D eigenvalue weighted by atomic mass is 10.1. The van der Waals surface area contributed by atoms with Crippen LogP contribution in [0.15, 0.2) is 53.5 Å². The van der Waals surface area contributed by atoms with Crippen LogP contribution < -0.4 is 10.6 Å². The Bertz CT molecular complexity index is 715. The van der Waals surface area contributed by atoms with Gasteiger partial charge in [0.2, 0.25) is 0 Å². The summed E-state index contributed by atoms with van der Waals surface area (Å²) in [4.78, 5) is 4.28. The van der Waals surface area contributed by atoms with Gasteiger partial charge in [0.15, 0.2) is 5.96 Å². The zero-order valence-electron chi connectivity index (χ0n) is 14.9. The van der Waals surface area contributed by atoms with E-state index in [4.69, 9.17) is 5.26 Å². The molecule has 1 unspecified atom stereocenters. The molecule has 25 heavy (non-hydrogen) atoms. The van der Waals surface area contributed by atoms with Crippen LogP contribution in [0, 0.1) is 11.3 Å². The number of benzene rings is 2. The molecule has 2 aromatic carbocycles. The van der Waals surface area contributed by atoms with Crippen LogP contribution in [0.5, 0.6) is 0 Å². The van der Waals surface area contributed by atoms with Crippen molar-refractivity contribution in [3.63, 3.8) is 0 Å². The van der Waals surface area contributed by atoms with Crippen molar-refractivity contribution in [1.82, 2.24) is 10.6 Å². The normalized spacial score (nSPS) is 11.8. The number of hydrogen-bond donors (Lipinski definition) is 2. The van der Waals surface area contributed by atoms with Gasteiger partial charge >= 0.3 is 0 Å². The Morgan fingerprint density at radius 3 is 2.20 bits per heavy atom. The standard InChI is InChI=1S/C20H24N4.HI/c1-4-16-9-11-19(12-10-16)15(2)24-20(22-3)23-14-18-7-5-17(13-21)6-8-18;/h5-12,15H,4,14H2,1-3H3,(H2,22,23,24);1H. The van der Waals surface area contributed by atoms with Crippen molar-refractivity contribution in [2.24, 2.45) is 4.99 Å². The van der Waals surface area contributed by atoms with Gasteiger partial charge < -0.3 is 10.6 Å². The molecule has 0 heterocycles. The summed E-state index contributed by atoms with van der Waals surface area (Å²) < 4.78 is 0. The number of halogens is 1. The van der Waals surface area contributed by atoms with E-state index in [-0.39, 0.29) is 30.0 Å². The maximum absolute atomic E-state index is 8.83. The van der Waals surface area contributed by atoms with Crippen molar-refractivity contribution in [2.45, 2.75) is 32.9 Å². The summed E-state index contributed by atoms with van der Waals surface area (Å²) in [6.07, 6.45) is 1.05. The summed E-state index contributed by atoms with van der Waals surface area (Å²) in [5, 5.41) is 15.5. The molecule has 0 radical (unpaired) electrons. The molecule has 2 N–H and O–H groups in total. The zero-order valence-corrected chi connectivity index (χ0v) is 17.2. The first kappa shape index (κ1) is 21.0. The molecule has 0 amide bonds. The van der Waals surface area contributed by atoms with Crippen LogP contribution in [0.2, 0.25) is 0 Å². The van der Waals surface area contributed by atoms with Crippen LogP contribution >= 0.6 is 24.0 Å². The van der Waals surface area contributed by atoms with Crippen molar-refractivity contribution in [2.75, 3.05) is 7.05 Å². The molecule has 5 heteroatoms. The second-order valence-corrected chi connectivity index (χ2v) is 5.70. The Morgan fingerprint density at radius 1 is 1.08 bits per heavy atom. The molecule has 0 aliphatic carbocycles. The van der Waals surface area contributed by atoms with E-state index in [0.29, 0.717) is 12.1 Å². The van der Waals surface area contributed by atoms with Crippen LogP contribution in [-0.4, -0.2) is 13.0 Å². The fourth-order valence-electron chi connectivity index (χ4n) is 2.41. The highest BCUT2D eigenvalue weighted by atomic mass is 127. The highest BCUT2D eigenvalue weighted by molar-refractivity contribution is 14.0. The van der Waals surface area contributed by atoms with Crippen molar-refractivity contribution >= 4 is 29.9 Å². The van der Waals surface area contributed by atoms with Crippen LogP contribution in [0.3, 0.4) is 0 Å². The average molecular weight is 448 g/mol. The smallest absolute Gasteiger partial charge is 0.191 e. The Morgan fingerprint density at radius 2 is 1.68 bits per heavy atom. The Hall–Kier alpha value is -2.07. The summed E-state index contributed by atoms with van der Waals surface area (Å²) in [5.74, 6) is 0.756. The van der Waals surface area contributed by atoms with Gasteiger partial charge in [0.1, 0.15) is 0 Å². The highest BCUT2D eigenvalue weighted by Gasteiger charge is 2.07. The van der Waals surface area contributed by atoms with Crippen LogP contribution in [0.4, 0.5) is 0 Å². The molecule has 0 bridgehead atoms. The molecule has 0 spiro atoms. The first-order valence-corrected chi connectivity index (χ1v) is 8.21. The van der Waals surface area contributed by atoms with E-state index in [1.54, 1.807) is 7.05 Å². The highest BCUT2D eigenvalue weighted by Crippen LogP contribution is 2.13. The lowest BCUT2D eigenvalue weighted by Gasteiger charge is -2.18. The van der Waals surface area contributed by atoms with E-state index in [0.717, 1.165) is 17.9 Å². The fourth-order valence-corrected chi connectivity index (χ4v) is 2.41. The maximum Gasteiger partial charge on any atom is 0.191 e. The summed E-state index contributed by atoms with van der Waals surface area (Å²) in [6.45, 7) is 4.94. The number of rotatable bonds is 5. The van der Waals surface area contributed by atoms with Gasteiger partial charge in [-0.3, -0.25) is 4.99 Å². The first-order chi connectivity index (χ1) is 11.7. The van der Waals surface area contributed by atoms with Gasteiger partial charge in [-0.05, 0) is 42.2 Å². The van der Waals surface area contributed by atoms with Gasteiger partial charge in [-0.15, -0.1) is 24.0 Å². The second-order valence-electron chi connectivity index (χ2n) is 5.70. The quantitative estimate of drug-likeness (QED) is 0.410. The molecular weight excluding hydrogens is 423 g/mol. The van der Waals surface area contributed by atoms with Crippen LogP contribution in [0.25, 0.3) is 0 Å². The Kier molecular flexibility index (Phi) is 9.00. The van der Waals surface area contributed by atoms with Gasteiger partial charge in [0, 0.05) is 13.6 Å². The van der Waals surface area contributed by atoms with Crippen LogP contribution in [-0.2, 0) is 13.0 Å². The molecular formula is C20H25IN4. The number of nitrogens with zero attached hydrogens (tertiary/aromatic N) is 2. The van der Waals surface area contributed by atoms with Gasteiger partial charge in [0.25, 0.3) is 0 Å². The molecule has 2 rings (SSSR count). The third-order valence-electron chi connectivity index (χ3n) is 4.01. The van der Waals surface area contributed by atoms with E-state index in [9.17, 15) is 0 Å². The summed E-state index contributed by atoms with van der Waals surface area (Å²) in [7, 11) is 1.76. The number of hydrogen-bond acceptors (Lipinski definition) is 2. The molecule has 1 atom stereocenters. The predicted molar refractivity (Wildman–Crippen MR) is 114 cm³/mol. The van der Waals surface area contributed by atoms with Gasteiger partial charge in [-0.1, -0.05) is 43.3 Å². The van der Waals surface area contributed by atoms with Crippen molar-refractivity contribution in [3.05, 3.63) is 70.8 Å². The number of guanidine groups is 1. The largest absolute Gasteiger partial charge is 0.352 e. The molecule has 0 fully saturated rings. The predicted octanol–water partition coefficient (Wildman–Crippen LogP) is 4.16. The number of nitriles is 1. The second kappa shape index (κ2) is 10.7. The summed E-state index contributed by atoms with van der Waals surface area (Å²) in [5.41, 5.74) is 4.35. The monoisotopic (exact) mass is 448 g/mol. The number of aryl methyl sites for hydroxylation is 1. The minimum Gasteiger partial charge on any atom is -0.352 e. The third kappa shape index (κ3) is 6.39. The van der Waals surface area contributed by atoms with Crippen molar-refractivity contribution in [1.29, 1.82) is 5.26 Å². The maximum atomic E-state index is 8.83. The minimum atomic E-state index is 0.